The molecule has 0 aliphatic carbocycles. The van der Waals surface area contributed by atoms with Crippen LogP contribution in [0.1, 0.15) is 47.0 Å². The third kappa shape index (κ3) is 4.22. The number of rotatable bonds is 5. The first-order chi connectivity index (χ1) is 8.04. The van der Waals surface area contributed by atoms with Crippen LogP contribution < -0.4 is 0 Å². The normalized spacial score (nSPS) is 21.5. The van der Waals surface area contributed by atoms with E-state index in [0.717, 1.165) is 30.6 Å². The minimum Gasteiger partial charge on any atom is -0.482 e. The molecule has 0 aromatic carbocycles. The van der Waals surface area contributed by atoms with Crippen LogP contribution in [-0.4, -0.2) is 11.9 Å². The summed E-state index contributed by atoms with van der Waals surface area (Å²) < 4.78 is 5.47. The van der Waals surface area contributed by atoms with Gasteiger partial charge in [-0.15, -0.1) is 0 Å². The van der Waals surface area contributed by atoms with Crippen molar-refractivity contribution in [3.05, 3.63) is 35.1 Å². The van der Waals surface area contributed by atoms with E-state index >= 15 is 0 Å². The highest BCUT2D eigenvalue weighted by atomic mass is 16.5. The summed E-state index contributed by atoms with van der Waals surface area (Å²) in [4.78, 5) is 11.3. The Bertz CT molecular complexity index is 372. The molecule has 0 N–H and O–H groups in total. The summed E-state index contributed by atoms with van der Waals surface area (Å²) in [5, 5.41) is 0. The van der Waals surface area contributed by atoms with Crippen LogP contribution in [0.15, 0.2) is 35.1 Å². The summed E-state index contributed by atoms with van der Waals surface area (Å²) >= 11 is 0. The van der Waals surface area contributed by atoms with Crippen LogP contribution in [0.25, 0.3) is 0 Å². The predicted molar refractivity (Wildman–Crippen MR) is 70.7 cm³/mol. The third-order valence-electron chi connectivity index (χ3n) is 2.91. The summed E-state index contributed by atoms with van der Waals surface area (Å²) in [6, 6.07) is 0. The molecule has 0 saturated carbocycles. The highest BCUT2D eigenvalue weighted by molar-refractivity contribution is 5.96. The topological polar surface area (TPSA) is 26.3 Å². The molecule has 0 bridgehead atoms. The summed E-state index contributed by atoms with van der Waals surface area (Å²) in [7, 11) is 0. The number of hydrogen-bond acceptors (Lipinski definition) is 2. The lowest BCUT2D eigenvalue weighted by Crippen LogP contribution is -2.10. The van der Waals surface area contributed by atoms with Crippen LogP contribution in [-0.2, 0) is 9.53 Å². The molecule has 1 atom stereocenters. The molecule has 94 valence electrons. The van der Waals surface area contributed by atoms with E-state index in [1.54, 1.807) is 13.0 Å². The van der Waals surface area contributed by atoms with Crippen LogP contribution in [0.4, 0.5) is 0 Å². The molecule has 1 aliphatic rings. The number of allylic oxidation sites excluding steroid dienone is 4. The van der Waals surface area contributed by atoms with Crippen LogP contribution in [0.2, 0.25) is 0 Å². The van der Waals surface area contributed by atoms with Gasteiger partial charge in [0, 0.05) is 6.08 Å². The van der Waals surface area contributed by atoms with Gasteiger partial charge in [-0.2, -0.15) is 0 Å². The molecule has 0 amide bonds. The summed E-state index contributed by atoms with van der Waals surface area (Å²) in [5.74, 6) is 0.800. The fourth-order valence-corrected chi connectivity index (χ4v) is 1.80. The molecular formula is C15H22O2. The Hall–Kier alpha value is -1.31. The summed E-state index contributed by atoms with van der Waals surface area (Å²) in [6.45, 7) is 8.08. The Balaban J connectivity index is 2.48. The van der Waals surface area contributed by atoms with Crippen molar-refractivity contribution < 1.29 is 9.53 Å². The Labute approximate surface area is 104 Å². The number of carbonyl (C=O) groups is 1. The van der Waals surface area contributed by atoms with Gasteiger partial charge in [0.05, 0.1) is 0 Å². The molecule has 0 spiro atoms. The van der Waals surface area contributed by atoms with Gasteiger partial charge in [-0.25, -0.2) is 0 Å². The van der Waals surface area contributed by atoms with Crippen molar-refractivity contribution in [1.82, 2.24) is 0 Å². The Morgan fingerprint density at radius 1 is 1.41 bits per heavy atom. The summed E-state index contributed by atoms with van der Waals surface area (Å²) in [6.07, 6.45) is 8.85. The van der Waals surface area contributed by atoms with Gasteiger partial charge in [-0.3, -0.25) is 4.79 Å². The quantitative estimate of drug-likeness (QED) is 0.673. The van der Waals surface area contributed by atoms with E-state index in [9.17, 15) is 4.79 Å². The maximum Gasteiger partial charge on any atom is 0.199 e. The van der Waals surface area contributed by atoms with Crippen molar-refractivity contribution in [1.29, 1.82) is 0 Å². The van der Waals surface area contributed by atoms with Crippen LogP contribution in [0.3, 0.4) is 0 Å². The first-order valence-corrected chi connectivity index (χ1v) is 6.29. The van der Waals surface area contributed by atoms with Gasteiger partial charge in [0.15, 0.2) is 11.9 Å². The average Bonchev–Trinajstić information content (AvgIpc) is 2.59. The Morgan fingerprint density at radius 2 is 2.12 bits per heavy atom. The molecule has 1 unspecified atom stereocenters. The monoisotopic (exact) mass is 234 g/mol. The van der Waals surface area contributed by atoms with E-state index in [0.29, 0.717) is 0 Å². The zero-order valence-electron chi connectivity index (χ0n) is 11.2. The van der Waals surface area contributed by atoms with E-state index in [4.69, 9.17) is 4.74 Å². The number of ether oxygens (including phenoxy) is 1. The van der Waals surface area contributed by atoms with Crippen molar-refractivity contribution in [2.75, 3.05) is 0 Å². The van der Waals surface area contributed by atoms with Crippen LogP contribution in [0.5, 0.6) is 0 Å². The van der Waals surface area contributed by atoms with Crippen molar-refractivity contribution in [2.45, 2.75) is 53.1 Å². The molecule has 0 radical (unpaired) electrons. The van der Waals surface area contributed by atoms with Crippen molar-refractivity contribution in [3.8, 4) is 0 Å². The molecule has 1 heterocycles. The molecule has 1 aliphatic heterocycles. The molecule has 2 heteroatoms. The molecule has 0 fully saturated rings. The standard InChI is InChI=1S/C15H22O2/c1-5-7-11(2)8-6-9-12(3)15-10-14(16)13(4)17-15/h7,9-10,13H,5-6,8H2,1-4H3/b11-7+,12-9+. The number of ketones is 1. The second-order valence-corrected chi connectivity index (χ2v) is 4.56. The lowest BCUT2D eigenvalue weighted by atomic mass is 10.1. The molecule has 0 saturated heterocycles. The van der Waals surface area contributed by atoms with Crippen molar-refractivity contribution in [3.63, 3.8) is 0 Å². The van der Waals surface area contributed by atoms with Gasteiger partial charge in [0.25, 0.3) is 0 Å². The first kappa shape index (κ1) is 13.8. The van der Waals surface area contributed by atoms with E-state index < -0.39 is 0 Å². The van der Waals surface area contributed by atoms with Crippen LogP contribution in [0, 0.1) is 0 Å². The van der Waals surface area contributed by atoms with Crippen molar-refractivity contribution >= 4 is 5.78 Å². The maximum absolute atomic E-state index is 11.3. The van der Waals surface area contributed by atoms with Gasteiger partial charge in [-0.05, 0) is 45.6 Å². The number of carbonyl (C=O) groups excluding carboxylic acids is 1. The van der Waals surface area contributed by atoms with E-state index in [1.807, 2.05) is 6.92 Å². The molecular weight excluding hydrogens is 212 g/mol. The second-order valence-electron chi connectivity index (χ2n) is 4.56. The largest absolute Gasteiger partial charge is 0.482 e. The minimum atomic E-state index is -0.310. The molecule has 0 aromatic heterocycles. The highest BCUT2D eigenvalue weighted by Gasteiger charge is 2.22. The van der Waals surface area contributed by atoms with Gasteiger partial charge in [-0.1, -0.05) is 24.6 Å². The predicted octanol–water partition coefficient (Wildman–Crippen LogP) is 3.94. The third-order valence-corrected chi connectivity index (χ3v) is 2.91. The fraction of sp³-hybridized carbons (Fsp3) is 0.533. The van der Waals surface area contributed by atoms with Gasteiger partial charge in [0.2, 0.25) is 0 Å². The smallest absolute Gasteiger partial charge is 0.199 e. The first-order valence-electron chi connectivity index (χ1n) is 6.29. The average molecular weight is 234 g/mol. The lowest BCUT2D eigenvalue weighted by molar-refractivity contribution is -0.119. The SMILES string of the molecule is CC/C=C(\C)CC/C=C(\C)C1=CC(=O)C(C)O1. The molecule has 0 aromatic rings. The highest BCUT2D eigenvalue weighted by Crippen LogP contribution is 2.21. The van der Waals surface area contributed by atoms with E-state index in [2.05, 4.69) is 26.0 Å². The van der Waals surface area contributed by atoms with Crippen molar-refractivity contribution in [2.24, 2.45) is 0 Å². The van der Waals surface area contributed by atoms with E-state index in [-0.39, 0.29) is 11.9 Å². The van der Waals surface area contributed by atoms with E-state index in [1.165, 1.54) is 5.57 Å². The number of hydrogen-bond donors (Lipinski definition) is 0. The molecule has 1 rings (SSSR count). The fourth-order valence-electron chi connectivity index (χ4n) is 1.80. The van der Waals surface area contributed by atoms with Gasteiger partial charge < -0.3 is 4.74 Å². The maximum atomic E-state index is 11.3. The van der Waals surface area contributed by atoms with Gasteiger partial charge in [0.1, 0.15) is 5.76 Å². The second kappa shape index (κ2) is 6.43. The molecule has 2 nitrogen and oxygen atoms in total. The Morgan fingerprint density at radius 3 is 2.65 bits per heavy atom. The lowest BCUT2D eigenvalue weighted by Gasteiger charge is -2.07. The minimum absolute atomic E-state index is 0.0646. The van der Waals surface area contributed by atoms with Gasteiger partial charge >= 0.3 is 0 Å². The summed E-state index contributed by atoms with van der Waals surface area (Å²) in [5.41, 5.74) is 2.48. The zero-order chi connectivity index (χ0) is 12.8. The zero-order valence-corrected chi connectivity index (χ0v) is 11.2. The molecule has 17 heavy (non-hydrogen) atoms. The van der Waals surface area contributed by atoms with Crippen LogP contribution >= 0.6 is 0 Å². The Kier molecular flexibility index (Phi) is 5.20.